The summed E-state index contributed by atoms with van der Waals surface area (Å²) in [7, 11) is 0. The largest absolute Gasteiger partial charge is 0.473 e. The second-order valence-corrected chi connectivity index (χ2v) is 5.51. The van der Waals surface area contributed by atoms with Crippen molar-refractivity contribution in [3.8, 4) is 0 Å². The SMILES string of the molecule is OC[C@H]1OC(c2cccc3ccccc23)C[C@@H]1O.c1ccoc1. The molecular formula is C19H20O4. The highest BCUT2D eigenvalue weighted by Crippen LogP contribution is 2.36. The zero-order valence-electron chi connectivity index (χ0n) is 12.7. The molecule has 1 aromatic heterocycles. The van der Waals surface area contributed by atoms with Gasteiger partial charge in [-0.2, -0.15) is 0 Å². The third-order valence-electron chi connectivity index (χ3n) is 4.00. The highest BCUT2D eigenvalue weighted by molar-refractivity contribution is 5.86. The quantitative estimate of drug-likeness (QED) is 0.762. The molecule has 1 aliphatic heterocycles. The fourth-order valence-corrected chi connectivity index (χ4v) is 2.85. The van der Waals surface area contributed by atoms with Crippen LogP contribution in [0.25, 0.3) is 10.8 Å². The van der Waals surface area contributed by atoms with E-state index in [0.717, 1.165) is 10.9 Å². The first kappa shape index (κ1) is 15.7. The van der Waals surface area contributed by atoms with Gasteiger partial charge in [0.15, 0.2) is 0 Å². The van der Waals surface area contributed by atoms with Gasteiger partial charge in [-0.1, -0.05) is 42.5 Å². The van der Waals surface area contributed by atoms with Crippen LogP contribution in [0.2, 0.25) is 0 Å². The Morgan fingerprint density at radius 2 is 1.70 bits per heavy atom. The van der Waals surface area contributed by atoms with Gasteiger partial charge in [-0.15, -0.1) is 0 Å². The van der Waals surface area contributed by atoms with E-state index in [-0.39, 0.29) is 12.7 Å². The van der Waals surface area contributed by atoms with Crippen molar-refractivity contribution in [2.45, 2.75) is 24.7 Å². The van der Waals surface area contributed by atoms with Gasteiger partial charge in [-0.25, -0.2) is 0 Å². The molecule has 3 aromatic rings. The first-order chi connectivity index (χ1) is 11.3. The molecule has 3 atom stereocenters. The van der Waals surface area contributed by atoms with Crippen LogP contribution < -0.4 is 0 Å². The number of rotatable bonds is 2. The van der Waals surface area contributed by atoms with E-state index in [1.807, 2.05) is 36.4 Å². The molecule has 4 heteroatoms. The van der Waals surface area contributed by atoms with Crippen LogP contribution in [0.3, 0.4) is 0 Å². The van der Waals surface area contributed by atoms with Gasteiger partial charge in [0.2, 0.25) is 0 Å². The zero-order chi connectivity index (χ0) is 16.1. The lowest BCUT2D eigenvalue weighted by Gasteiger charge is -2.14. The van der Waals surface area contributed by atoms with Crippen LogP contribution in [0, 0.1) is 0 Å². The monoisotopic (exact) mass is 312 g/mol. The van der Waals surface area contributed by atoms with Gasteiger partial charge in [-0.3, -0.25) is 0 Å². The lowest BCUT2D eigenvalue weighted by atomic mass is 9.98. The van der Waals surface area contributed by atoms with Gasteiger partial charge in [0, 0.05) is 6.42 Å². The topological polar surface area (TPSA) is 62.8 Å². The molecular weight excluding hydrogens is 292 g/mol. The minimum Gasteiger partial charge on any atom is -0.473 e. The van der Waals surface area contributed by atoms with Gasteiger partial charge in [0.25, 0.3) is 0 Å². The first-order valence-corrected chi connectivity index (χ1v) is 7.69. The van der Waals surface area contributed by atoms with Gasteiger partial charge >= 0.3 is 0 Å². The Labute approximate surface area is 134 Å². The number of aliphatic hydroxyl groups is 2. The summed E-state index contributed by atoms with van der Waals surface area (Å²) in [6, 6.07) is 17.9. The summed E-state index contributed by atoms with van der Waals surface area (Å²) in [4.78, 5) is 0. The fourth-order valence-electron chi connectivity index (χ4n) is 2.85. The number of benzene rings is 2. The van der Waals surface area contributed by atoms with Crippen LogP contribution in [-0.4, -0.2) is 29.0 Å². The Bertz CT molecular complexity index is 701. The van der Waals surface area contributed by atoms with Crippen molar-refractivity contribution >= 4 is 10.8 Å². The molecule has 0 saturated carbocycles. The summed E-state index contributed by atoms with van der Waals surface area (Å²) >= 11 is 0. The molecule has 2 aromatic carbocycles. The van der Waals surface area contributed by atoms with E-state index in [2.05, 4.69) is 22.6 Å². The predicted octanol–water partition coefficient (Wildman–Crippen LogP) is 3.30. The zero-order valence-corrected chi connectivity index (χ0v) is 12.7. The number of hydrogen-bond donors (Lipinski definition) is 2. The molecule has 1 aliphatic rings. The van der Waals surface area contributed by atoms with E-state index in [1.54, 1.807) is 12.5 Å². The maximum atomic E-state index is 9.81. The normalized spacial score (nSPS) is 23.5. The van der Waals surface area contributed by atoms with Gasteiger partial charge in [0.05, 0.1) is 31.3 Å². The summed E-state index contributed by atoms with van der Waals surface area (Å²) in [6.07, 6.45) is 2.61. The van der Waals surface area contributed by atoms with Crippen molar-refractivity contribution < 1.29 is 19.4 Å². The molecule has 0 aliphatic carbocycles. The number of furan rings is 1. The summed E-state index contributed by atoms with van der Waals surface area (Å²) < 4.78 is 10.3. The Balaban J connectivity index is 0.000000267. The predicted molar refractivity (Wildman–Crippen MR) is 88.0 cm³/mol. The molecule has 4 nitrogen and oxygen atoms in total. The number of ether oxygens (including phenoxy) is 1. The van der Waals surface area contributed by atoms with Crippen LogP contribution in [0.1, 0.15) is 18.1 Å². The number of fused-ring (bicyclic) bond motifs is 1. The third-order valence-corrected chi connectivity index (χ3v) is 4.00. The highest BCUT2D eigenvalue weighted by atomic mass is 16.5. The van der Waals surface area contributed by atoms with E-state index in [4.69, 9.17) is 9.84 Å². The van der Waals surface area contributed by atoms with E-state index in [1.165, 1.54) is 5.39 Å². The smallest absolute Gasteiger partial charge is 0.107 e. The fraction of sp³-hybridized carbons (Fsp3) is 0.263. The standard InChI is InChI=1S/C15H16O3.C4H4O/c16-9-15-13(17)8-14(18-15)12-7-3-5-10-4-1-2-6-11(10)12;1-2-4-5-3-1/h1-7,13-17H,8-9H2;1-4H/t13-,14?,15+;/m0./s1. The molecule has 2 N–H and O–H groups in total. The van der Waals surface area contributed by atoms with Crippen molar-refractivity contribution in [2.75, 3.05) is 6.61 Å². The van der Waals surface area contributed by atoms with Crippen LogP contribution in [0.15, 0.2) is 71.5 Å². The Hall–Kier alpha value is -2.14. The molecule has 0 bridgehead atoms. The maximum Gasteiger partial charge on any atom is 0.107 e. The Morgan fingerprint density at radius 1 is 0.957 bits per heavy atom. The highest BCUT2D eigenvalue weighted by Gasteiger charge is 2.34. The van der Waals surface area contributed by atoms with Crippen molar-refractivity contribution in [3.63, 3.8) is 0 Å². The average molecular weight is 312 g/mol. The molecule has 1 fully saturated rings. The third kappa shape index (κ3) is 3.62. The summed E-state index contributed by atoms with van der Waals surface area (Å²) in [5, 5.41) is 21.3. The minimum atomic E-state index is -0.584. The van der Waals surface area contributed by atoms with Crippen molar-refractivity contribution in [2.24, 2.45) is 0 Å². The van der Waals surface area contributed by atoms with Crippen molar-refractivity contribution in [3.05, 3.63) is 72.7 Å². The number of hydrogen-bond acceptors (Lipinski definition) is 4. The van der Waals surface area contributed by atoms with Crippen LogP contribution in [0.5, 0.6) is 0 Å². The Morgan fingerprint density at radius 3 is 2.35 bits per heavy atom. The van der Waals surface area contributed by atoms with Gasteiger partial charge in [0.1, 0.15) is 6.10 Å². The first-order valence-electron chi connectivity index (χ1n) is 7.69. The van der Waals surface area contributed by atoms with E-state index in [9.17, 15) is 5.11 Å². The van der Waals surface area contributed by atoms with Crippen molar-refractivity contribution in [1.29, 1.82) is 0 Å². The Kier molecular flexibility index (Phi) is 5.08. The molecule has 2 heterocycles. The molecule has 0 radical (unpaired) electrons. The molecule has 0 spiro atoms. The molecule has 4 rings (SSSR count). The van der Waals surface area contributed by atoms with E-state index in [0.29, 0.717) is 6.42 Å². The van der Waals surface area contributed by atoms with Crippen LogP contribution in [-0.2, 0) is 4.74 Å². The summed E-state index contributed by atoms with van der Waals surface area (Å²) in [5.74, 6) is 0. The molecule has 0 amide bonds. The summed E-state index contributed by atoms with van der Waals surface area (Å²) in [6.45, 7) is -0.136. The maximum absolute atomic E-state index is 9.81. The van der Waals surface area contributed by atoms with Gasteiger partial charge < -0.3 is 19.4 Å². The molecule has 23 heavy (non-hydrogen) atoms. The second kappa shape index (κ2) is 7.42. The minimum absolute atomic E-state index is 0.136. The van der Waals surface area contributed by atoms with Crippen LogP contribution >= 0.6 is 0 Å². The van der Waals surface area contributed by atoms with Crippen LogP contribution in [0.4, 0.5) is 0 Å². The summed E-state index contributed by atoms with van der Waals surface area (Å²) in [5.41, 5.74) is 1.09. The molecule has 120 valence electrons. The number of aliphatic hydroxyl groups excluding tert-OH is 2. The van der Waals surface area contributed by atoms with Gasteiger partial charge in [-0.05, 0) is 28.5 Å². The molecule has 1 saturated heterocycles. The van der Waals surface area contributed by atoms with E-state index >= 15 is 0 Å². The van der Waals surface area contributed by atoms with E-state index < -0.39 is 12.2 Å². The lowest BCUT2D eigenvalue weighted by Crippen LogP contribution is -2.24. The lowest BCUT2D eigenvalue weighted by molar-refractivity contribution is -0.0222. The average Bonchev–Trinajstić information content (AvgIpc) is 3.27. The second-order valence-electron chi connectivity index (χ2n) is 5.51. The van der Waals surface area contributed by atoms with Crippen molar-refractivity contribution in [1.82, 2.24) is 0 Å². The molecule has 1 unspecified atom stereocenters.